The van der Waals surface area contributed by atoms with Gasteiger partial charge < -0.3 is 14.4 Å². The Morgan fingerprint density at radius 1 is 1.29 bits per heavy atom. The van der Waals surface area contributed by atoms with Crippen LogP contribution in [0, 0.1) is 17.2 Å². The second kappa shape index (κ2) is 6.45. The van der Waals surface area contributed by atoms with Gasteiger partial charge in [-0.15, -0.1) is 0 Å². The quantitative estimate of drug-likeness (QED) is 0.853. The lowest BCUT2D eigenvalue weighted by Gasteiger charge is -2.48. The summed E-state index contributed by atoms with van der Waals surface area (Å²) in [5.74, 6) is 0.233. The molecule has 3 aliphatic heterocycles. The molecule has 1 amide bonds. The molecule has 3 heterocycles. The SMILES string of the molecule is O=C(C1CCOCC1)N1CC2(COC(Cc3cccc(F)c3)C2)C1. The van der Waals surface area contributed by atoms with Crippen LogP contribution in [0.4, 0.5) is 4.39 Å². The number of halogens is 1. The van der Waals surface area contributed by atoms with Crippen molar-refractivity contribution in [2.75, 3.05) is 32.9 Å². The maximum atomic E-state index is 13.3. The summed E-state index contributed by atoms with van der Waals surface area (Å²) in [5.41, 5.74) is 1.10. The molecule has 1 unspecified atom stereocenters. The topological polar surface area (TPSA) is 38.8 Å². The van der Waals surface area contributed by atoms with Crippen molar-refractivity contribution < 1.29 is 18.7 Å². The van der Waals surface area contributed by atoms with Gasteiger partial charge in [0.25, 0.3) is 0 Å². The van der Waals surface area contributed by atoms with Crippen LogP contribution in [0.25, 0.3) is 0 Å². The highest BCUT2D eigenvalue weighted by atomic mass is 19.1. The summed E-state index contributed by atoms with van der Waals surface area (Å²) in [5, 5.41) is 0. The molecule has 0 radical (unpaired) electrons. The summed E-state index contributed by atoms with van der Waals surface area (Å²) in [6.45, 7) is 3.73. The van der Waals surface area contributed by atoms with Crippen molar-refractivity contribution in [3.63, 3.8) is 0 Å². The van der Waals surface area contributed by atoms with Gasteiger partial charge in [0.05, 0.1) is 12.7 Å². The molecular weight excluding hydrogens is 309 g/mol. The number of ether oxygens (including phenoxy) is 2. The zero-order chi connectivity index (χ0) is 16.6. The van der Waals surface area contributed by atoms with Gasteiger partial charge in [-0.05, 0) is 43.4 Å². The van der Waals surface area contributed by atoms with Gasteiger partial charge in [0.1, 0.15) is 5.82 Å². The Balaban J connectivity index is 1.29. The van der Waals surface area contributed by atoms with Crippen molar-refractivity contribution >= 4 is 5.91 Å². The molecule has 1 spiro atoms. The lowest BCUT2D eigenvalue weighted by atomic mass is 9.76. The largest absolute Gasteiger partial charge is 0.381 e. The summed E-state index contributed by atoms with van der Waals surface area (Å²) < 4.78 is 24.6. The third kappa shape index (κ3) is 3.20. The number of hydrogen-bond acceptors (Lipinski definition) is 3. The van der Waals surface area contributed by atoms with E-state index in [0.717, 1.165) is 44.3 Å². The van der Waals surface area contributed by atoms with E-state index in [4.69, 9.17) is 9.47 Å². The van der Waals surface area contributed by atoms with Crippen LogP contribution in [0.1, 0.15) is 24.8 Å². The molecule has 0 N–H and O–H groups in total. The van der Waals surface area contributed by atoms with Gasteiger partial charge in [-0.2, -0.15) is 0 Å². The molecule has 24 heavy (non-hydrogen) atoms. The lowest BCUT2D eigenvalue weighted by molar-refractivity contribution is -0.150. The van der Waals surface area contributed by atoms with E-state index in [1.807, 2.05) is 11.0 Å². The zero-order valence-corrected chi connectivity index (χ0v) is 13.9. The van der Waals surface area contributed by atoms with Crippen molar-refractivity contribution in [3.05, 3.63) is 35.6 Å². The minimum Gasteiger partial charge on any atom is -0.381 e. The van der Waals surface area contributed by atoms with Crippen LogP contribution in [0.5, 0.6) is 0 Å². The monoisotopic (exact) mass is 333 g/mol. The maximum absolute atomic E-state index is 13.3. The summed E-state index contributed by atoms with van der Waals surface area (Å²) in [7, 11) is 0. The number of amides is 1. The van der Waals surface area contributed by atoms with Crippen molar-refractivity contribution in [3.8, 4) is 0 Å². The Morgan fingerprint density at radius 2 is 2.08 bits per heavy atom. The first-order valence-corrected chi connectivity index (χ1v) is 8.86. The molecule has 3 fully saturated rings. The summed E-state index contributed by atoms with van der Waals surface area (Å²) in [6, 6.07) is 6.73. The van der Waals surface area contributed by atoms with Crippen molar-refractivity contribution in [1.29, 1.82) is 0 Å². The van der Waals surface area contributed by atoms with Crippen LogP contribution >= 0.6 is 0 Å². The van der Waals surface area contributed by atoms with Gasteiger partial charge in [0, 0.05) is 37.6 Å². The fraction of sp³-hybridized carbons (Fsp3) is 0.632. The van der Waals surface area contributed by atoms with E-state index in [1.165, 1.54) is 6.07 Å². The second-order valence-electron chi connectivity index (χ2n) is 7.55. The zero-order valence-electron chi connectivity index (χ0n) is 13.9. The molecule has 0 aromatic heterocycles. The first-order chi connectivity index (χ1) is 11.6. The maximum Gasteiger partial charge on any atom is 0.225 e. The van der Waals surface area contributed by atoms with Gasteiger partial charge in [-0.3, -0.25) is 4.79 Å². The normalized spacial score (nSPS) is 26.5. The van der Waals surface area contributed by atoms with E-state index in [0.29, 0.717) is 19.8 Å². The van der Waals surface area contributed by atoms with Crippen LogP contribution in [0.3, 0.4) is 0 Å². The number of rotatable bonds is 3. The Hall–Kier alpha value is -1.46. The van der Waals surface area contributed by atoms with Gasteiger partial charge in [-0.1, -0.05) is 12.1 Å². The minimum absolute atomic E-state index is 0.124. The molecule has 0 aliphatic carbocycles. The first-order valence-electron chi connectivity index (χ1n) is 8.86. The summed E-state index contributed by atoms with van der Waals surface area (Å²) >= 11 is 0. The lowest BCUT2D eigenvalue weighted by Crippen LogP contribution is -2.60. The number of carbonyl (C=O) groups excluding carboxylic acids is 1. The molecule has 3 aliphatic rings. The third-order valence-electron chi connectivity index (χ3n) is 5.57. The number of likely N-dealkylation sites (tertiary alicyclic amines) is 1. The molecule has 130 valence electrons. The molecular formula is C19H24FNO3. The van der Waals surface area contributed by atoms with Crippen molar-refractivity contribution in [2.45, 2.75) is 31.8 Å². The van der Waals surface area contributed by atoms with Crippen LogP contribution < -0.4 is 0 Å². The van der Waals surface area contributed by atoms with Gasteiger partial charge >= 0.3 is 0 Å². The Labute approximate surface area is 141 Å². The van der Waals surface area contributed by atoms with E-state index < -0.39 is 0 Å². The first kappa shape index (κ1) is 16.0. The van der Waals surface area contributed by atoms with Crippen LogP contribution in [-0.2, 0) is 20.7 Å². The molecule has 1 aromatic rings. The van der Waals surface area contributed by atoms with E-state index in [2.05, 4.69) is 0 Å². The summed E-state index contributed by atoms with van der Waals surface area (Å²) in [6.07, 6.45) is 3.53. The van der Waals surface area contributed by atoms with Crippen LogP contribution in [-0.4, -0.2) is 49.8 Å². The molecule has 0 bridgehead atoms. The average Bonchev–Trinajstić information content (AvgIpc) is 2.98. The molecule has 4 nitrogen and oxygen atoms in total. The van der Waals surface area contributed by atoms with Crippen molar-refractivity contribution in [1.82, 2.24) is 4.90 Å². The Kier molecular flexibility index (Phi) is 4.31. The number of hydrogen-bond donors (Lipinski definition) is 0. The predicted octanol–water partition coefficient (Wildman–Crippen LogP) is 2.41. The Morgan fingerprint density at radius 3 is 2.83 bits per heavy atom. The van der Waals surface area contributed by atoms with Gasteiger partial charge in [0.2, 0.25) is 5.91 Å². The summed E-state index contributed by atoms with van der Waals surface area (Å²) in [4.78, 5) is 14.5. The fourth-order valence-electron chi connectivity index (χ4n) is 4.30. The smallest absolute Gasteiger partial charge is 0.225 e. The van der Waals surface area contributed by atoms with E-state index >= 15 is 0 Å². The highest BCUT2D eigenvalue weighted by Gasteiger charge is 2.51. The number of carbonyl (C=O) groups is 1. The predicted molar refractivity (Wildman–Crippen MR) is 87.0 cm³/mol. The van der Waals surface area contributed by atoms with Crippen molar-refractivity contribution in [2.24, 2.45) is 11.3 Å². The fourth-order valence-corrected chi connectivity index (χ4v) is 4.30. The van der Waals surface area contributed by atoms with E-state index in [9.17, 15) is 9.18 Å². The molecule has 4 rings (SSSR count). The minimum atomic E-state index is -0.197. The highest BCUT2D eigenvalue weighted by Crippen LogP contribution is 2.42. The molecule has 0 saturated carbocycles. The molecule has 1 atom stereocenters. The second-order valence-corrected chi connectivity index (χ2v) is 7.55. The van der Waals surface area contributed by atoms with Crippen LogP contribution in [0.2, 0.25) is 0 Å². The molecule has 3 saturated heterocycles. The van der Waals surface area contributed by atoms with Crippen LogP contribution in [0.15, 0.2) is 24.3 Å². The molecule has 1 aromatic carbocycles. The van der Waals surface area contributed by atoms with E-state index in [-0.39, 0.29) is 29.2 Å². The number of benzene rings is 1. The molecule has 5 heteroatoms. The van der Waals surface area contributed by atoms with Gasteiger partial charge in [-0.25, -0.2) is 4.39 Å². The van der Waals surface area contributed by atoms with Gasteiger partial charge in [0.15, 0.2) is 0 Å². The standard InChI is InChI=1S/C19H24FNO3/c20-16-3-1-2-14(8-16)9-17-10-19(13-24-17)11-21(12-19)18(22)15-4-6-23-7-5-15/h1-3,8,15,17H,4-7,9-13H2. The Bertz CT molecular complexity index is 608. The average molecular weight is 333 g/mol. The third-order valence-corrected chi connectivity index (χ3v) is 5.57. The van der Waals surface area contributed by atoms with E-state index in [1.54, 1.807) is 12.1 Å². The highest BCUT2D eigenvalue weighted by molar-refractivity contribution is 5.80. The number of nitrogens with zero attached hydrogens (tertiary/aromatic N) is 1.